The molecule has 1 aromatic carbocycles. The summed E-state index contributed by atoms with van der Waals surface area (Å²) in [5.41, 5.74) is 0.469. The second kappa shape index (κ2) is 5.59. The average Bonchev–Trinajstić information content (AvgIpc) is 2.82. The predicted octanol–water partition coefficient (Wildman–Crippen LogP) is 3.20. The van der Waals surface area contributed by atoms with Gasteiger partial charge in [0.05, 0.1) is 12.2 Å². The Kier molecular flexibility index (Phi) is 3.88. The monoisotopic (exact) mass is 266 g/mol. The smallest absolute Gasteiger partial charge is 0.341 e. The molecule has 4 nitrogen and oxygen atoms in total. The van der Waals surface area contributed by atoms with Gasteiger partial charge in [0.25, 0.3) is 0 Å². The van der Waals surface area contributed by atoms with E-state index in [0.29, 0.717) is 10.8 Å². The number of thiazole rings is 1. The summed E-state index contributed by atoms with van der Waals surface area (Å²) in [5.74, 6) is -1.27. The van der Waals surface area contributed by atoms with Crippen LogP contribution in [-0.4, -0.2) is 17.6 Å². The number of esters is 1. The van der Waals surface area contributed by atoms with Crippen LogP contribution in [0.5, 0.6) is 0 Å². The number of nitrogens with one attached hydrogen (secondary N) is 1. The molecule has 2 aromatic rings. The van der Waals surface area contributed by atoms with Crippen molar-refractivity contribution in [3.63, 3.8) is 0 Å². The van der Waals surface area contributed by atoms with Crippen LogP contribution in [0.1, 0.15) is 17.3 Å². The Balaban J connectivity index is 2.17. The van der Waals surface area contributed by atoms with E-state index in [4.69, 9.17) is 4.74 Å². The fraction of sp³-hybridized carbons (Fsp3) is 0.167. The molecule has 94 valence electrons. The summed E-state index contributed by atoms with van der Waals surface area (Å²) in [7, 11) is 0. The van der Waals surface area contributed by atoms with Gasteiger partial charge in [0, 0.05) is 17.3 Å². The van der Waals surface area contributed by atoms with Crippen LogP contribution in [0.15, 0.2) is 29.8 Å². The molecule has 0 aliphatic carbocycles. The Hall–Kier alpha value is -1.95. The zero-order valence-corrected chi connectivity index (χ0v) is 10.5. The first-order valence-electron chi connectivity index (χ1n) is 5.34. The zero-order chi connectivity index (χ0) is 13.0. The summed E-state index contributed by atoms with van der Waals surface area (Å²) >= 11 is 1.41. The number of anilines is 2. The average molecular weight is 266 g/mol. The lowest BCUT2D eigenvalue weighted by molar-refractivity contribution is 0.0521. The summed E-state index contributed by atoms with van der Waals surface area (Å²) in [6.07, 6.45) is 1.65. The van der Waals surface area contributed by atoms with Gasteiger partial charge in [-0.15, -0.1) is 11.3 Å². The minimum absolute atomic E-state index is 0.0680. The van der Waals surface area contributed by atoms with Crippen LogP contribution in [0.25, 0.3) is 0 Å². The molecule has 18 heavy (non-hydrogen) atoms. The minimum atomic E-state index is -0.657. The van der Waals surface area contributed by atoms with E-state index < -0.39 is 11.8 Å². The van der Waals surface area contributed by atoms with E-state index in [1.54, 1.807) is 19.2 Å². The van der Waals surface area contributed by atoms with Crippen molar-refractivity contribution in [2.45, 2.75) is 6.92 Å². The van der Waals surface area contributed by atoms with Gasteiger partial charge in [-0.05, 0) is 25.1 Å². The van der Waals surface area contributed by atoms with Crippen LogP contribution in [0.4, 0.5) is 15.2 Å². The Morgan fingerprint density at radius 1 is 1.56 bits per heavy atom. The maximum absolute atomic E-state index is 13.7. The van der Waals surface area contributed by atoms with E-state index in [1.807, 2.05) is 5.38 Å². The highest BCUT2D eigenvalue weighted by Crippen LogP contribution is 2.21. The number of halogens is 1. The van der Waals surface area contributed by atoms with Gasteiger partial charge >= 0.3 is 5.97 Å². The lowest BCUT2D eigenvalue weighted by Crippen LogP contribution is -2.07. The van der Waals surface area contributed by atoms with Crippen molar-refractivity contribution in [2.24, 2.45) is 0 Å². The molecule has 6 heteroatoms. The molecule has 0 spiro atoms. The van der Waals surface area contributed by atoms with Crippen LogP contribution < -0.4 is 5.32 Å². The number of carbonyl (C=O) groups excluding carboxylic acids is 1. The van der Waals surface area contributed by atoms with E-state index in [2.05, 4.69) is 10.3 Å². The Morgan fingerprint density at radius 2 is 2.39 bits per heavy atom. The lowest BCUT2D eigenvalue weighted by atomic mass is 10.2. The van der Waals surface area contributed by atoms with E-state index in [0.717, 1.165) is 0 Å². The first kappa shape index (κ1) is 12.5. The summed E-state index contributed by atoms with van der Waals surface area (Å²) in [4.78, 5) is 15.4. The fourth-order valence-electron chi connectivity index (χ4n) is 1.38. The molecule has 0 saturated carbocycles. The van der Waals surface area contributed by atoms with Gasteiger partial charge in [0.1, 0.15) is 5.82 Å². The molecule has 0 bridgehead atoms. The molecular weight excluding hydrogens is 255 g/mol. The van der Waals surface area contributed by atoms with Gasteiger partial charge in [-0.3, -0.25) is 0 Å². The van der Waals surface area contributed by atoms with Crippen LogP contribution in [0, 0.1) is 5.82 Å². The molecule has 0 atom stereocenters. The standard InChI is InChI=1S/C12H11FN2O2S/c1-2-17-11(16)9-4-3-8(7-10(9)13)15-12-14-5-6-18-12/h3-7H,2H2,1H3,(H,14,15). The molecular formula is C12H11FN2O2S. The number of hydrogen-bond donors (Lipinski definition) is 1. The van der Waals surface area contributed by atoms with Crippen molar-refractivity contribution in [3.05, 3.63) is 41.2 Å². The van der Waals surface area contributed by atoms with Crippen molar-refractivity contribution < 1.29 is 13.9 Å². The summed E-state index contributed by atoms with van der Waals surface area (Å²) in [6.45, 7) is 1.89. The van der Waals surface area contributed by atoms with Gasteiger partial charge in [-0.2, -0.15) is 0 Å². The topological polar surface area (TPSA) is 51.2 Å². The number of aromatic nitrogens is 1. The molecule has 0 aliphatic rings. The molecule has 1 aromatic heterocycles. The summed E-state index contributed by atoms with van der Waals surface area (Å²) in [5, 5.41) is 5.41. The number of benzene rings is 1. The highest BCUT2D eigenvalue weighted by atomic mass is 32.1. The third-order valence-corrected chi connectivity index (χ3v) is 2.84. The van der Waals surface area contributed by atoms with Crippen LogP contribution in [0.2, 0.25) is 0 Å². The van der Waals surface area contributed by atoms with Crippen molar-refractivity contribution in [1.82, 2.24) is 4.98 Å². The van der Waals surface area contributed by atoms with E-state index in [-0.39, 0.29) is 12.2 Å². The predicted molar refractivity (Wildman–Crippen MR) is 67.8 cm³/mol. The molecule has 1 heterocycles. The second-order valence-electron chi connectivity index (χ2n) is 3.38. The van der Waals surface area contributed by atoms with Crippen molar-refractivity contribution >= 4 is 28.1 Å². The largest absolute Gasteiger partial charge is 0.462 e. The molecule has 0 saturated heterocycles. The Morgan fingerprint density at radius 3 is 3.00 bits per heavy atom. The number of ether oxygens (including phenoxy) is 1. The molecule has 1 N–H and O–H groups in total. The highest BCUT2D eigenvalue weighted by molar-refractivity contribution is 7.13. The number of nitrogens with zero attached hydrogens (tertiary/aromatic N) is 1. The first-order chi connectivity index (χ1) is 8.70. The fourth-order valence-corrected chi connectivity index (χ4v) is 1.93. The van der Waals surface area contributed by atoms with Gasteiger partial charge in [-0.1, -0.05) is 0 Å². The molecule has 0 radical (unpaired) electrons. The van der Waals surface area contributed by atoms with E-state index in [9.17, 15) is 9.18 Å². The van der Waals surface area contributed by atoms with Crippen molar-refractivity contribution in [1.29, 1.82) is 0 Å². The number of hydrogen-bond acceptors (Lipinski definition) is 5. The maximum Gasteiger partial charge on any atom is 0.341 e. The summed E-state index contributed by atoms with van der Waals surface area (Å²) in [6, 6.07) is 4.24. The molecule has 0 aliphatic heterocycles. The first-order valence-corrected chi connectivity index (χ1v) is 6.22. The van der Waals surface area contributed by atoms with Crippen LogP contribution in [0.3, 0.4) is 0 Å². The SMILES string of the molecule is CCOC(=O)c1ccc(Nc2nccs2)cc1F. The number of rotatable bonds is 4. The number of carbonyl (C=O) groups is 1. The second-order valence-corrected chi connectivity index (χ2v) is 4.27. The van der Waals surface area contributed by atoms with Crippen molar-refractivity contribution in [3.8, 4) is 0 Å². The molecule has 2 rings (SSSR count). The zero-order valence-electron chi connectivity index (χ0n) is 9.64. The van der Waals surface area contributed by atoms with Crippen LogP contribution in [-0.2, 0) is 4.74 Å². The third-order valence-electron chi connectivity index (χ3n) is 2.15. The van der Waals surface area contributed by atoms with Gasteiger partial charge in [0.15, 0.2) is 5.13 Å². The third kappa shape index (κ3) is 2.84. The van der Waals surface area contributed by atoms with Gasteiger partial charge in [0.2, 0.25) is 0 Å². The molecule has 0 amide bonds. The Bertz CT molecular complexity index is 543. The minimum Gasteiger partial charge on any atom is -0.462 e. The van der Waals surface area contributed by atoms with Gasteiger partial charge in [-0.25, -0.2) is 14.2 Å². The molecule has 0 fully saturated rings. The van der Waals surface area contributed by atoms with Gasteiger partial charge < -0.3 is 10.1 Å². The van der Waals surface area contributed by atoms with E-state index >= 15 is 0 Å². The van der Waals surface area contributed by atoms with E-state index in [1.165, 1.54) is 23.5 Å². The Labute approximate surface area is 107 Å². The molecule has 0 unspecified atom stereocenters. The van der Waals surface area contributed by atoms with Crippen LogP contribution >= 0.6 is 11.3 Å². The quantitative estimate of drug-likeness (QED) is 0.863. The highest BCUT2D eigenvalue weighted by Gasteiger charge is 2.13. The maximum atomic E-state index is 13.7. The lowest BCUT2D eigenvalue weighted by Gasteiger charge is -2.06. The normalized spacial score (nSPS) is 10.1. The van der Waals surface area contributed by atoms with Crippen molar-refractivity contribution in [2.75, 3.05) is 11.9 Å². The summed E-state index contributed by atoms with van der Waals surface area (Å²) < 4.78 is 18.4.